The summed E-state index contributed by atoms with van der Waals surface area (Å²) in [5, 5.41) is 3.46. The van der Waals surface area contributed by atoms with Crippen LogP contribution < -0.4 is 5.32 Å². The molecule has 0 saturated carbocycles. The van der Waals surface area contributed by atoms with Crippen LogP contribution in [0, 0.1) is 0 Å². The Morgan fingerprint density at radius 1 is 1.47 bits per heavy atom. The molecule has 0 bridgehead atoms. The molecule has 0 aliphatic heterocycles. The monoisotopic (exact) mass is 337 g/mol. The molecule has 1 aromatic carbocycles. The topological polar surface area (TPSA) is 29.1 Å². The van der Waals surface area contributed by atoms with E-state index in [9.17, 15) is 4.79 Å². The van der Waals surface area contributed by atoms with Gasteiger partial charge in [-0.2, -0.15) is 0 Å². The Morgan fingerprint density at radius 3 is 2.76 bits per heavy atom. The second-order valence-corrected chi connectivity index (χ2v) is 5.68. The van der Waals surface area contributed by atoms with E-state index in [1.807, 2.05) is 6.92 Å². The molecule has 1 unspecified atom stereocenters. The molecule has 1 atom stereocenters. The number of benzene rings is 1. The van der Waals surface area contributed by atoms with E-state index in [2.05, 4.69) is 21.2 Å². The van der Waals surface area contributed by atoms with Crippen LogP contribution >= 0.6 is 39.1 Å². The fourth-order valence-electron chi connectivity index (χ4n) is 1.33. The number of amides is 1. The van der Waals surface area contributed by atoms with Crippen LogP contribution in [-0.2, 0) is 0 Å². The summed E-state index contributed by atoms with van der Waals surface area (Å²) >= 11 is 15.1. The number of halogens is 3. The van der Waals surface area contributed by atoms with Gasteiger partial charge in [-0.25, -0.2) is 0 Å². The normalized spacial score (nSPS) is 12.2. The number of carbonyl (C=O) groups is 1. The fraction of sp³-hybridized carbons (Fsp3) is 0.417. The van der Waals surface area contributed by atoms with E-state index in [0.29, 0.717) is 17.1 Å². The third-order valence-corrected chi connectivity index (χ3v) is 3.51. The molecule has 1 amide bonds. The van der Waals surface area contributed by atoms with Crippen molar-refractivity contribution >= 4 is 45.0 Å². The first-order chi connectivity index (χ1) is 8.02. The molecule has 1 N–H and O–H groups in total. The smallest absolute Gasteiger partial charge is 0.251 e. The van der Waals surface area contributed by atoms with Crippen molar-refractivity contribution in [3.05, 3.63) is 33.3 Å². The van der Waals surface area contributed by atoms with E-state index in [0.717, 1.165) is 17.3 Å². The van der Waals surface area contributed by atoms with Crippen LogP contribution in [0.3, 0.4) is 0 Å². The molecular weight excluding hydrogens is 325 g/mol. The number of carbonyl (C=O) groups excluding carboxylic acids is 1. The maximum absolute atomic E-state index is 11.8. The first-order valence-electron chi connectivity index (χ1n) is 5.41. The van der Waals surface area contributed by atoms with E-state index in [4.69, 9.17) is 23.2 Å². The van der Waals surface area contributed by atoms with Gasteiger partial charge in [-0.15, -0.1) is 11.6 Å². The number of alkyl halides is 1. The predicted octanol–water partition coefficient (Wildman–Crippen LogP) is 4.24. The molecule has 0 spiro atoms. The first kappa shape index (κ1) is 14.8. The molecule has 0 aromatic heterocycles. The van der Waals surface area contributed by atoms with Gasteiger partial charge < -0.3 is 5.32 Å². The summed E-state index contributed by atoms with van der Waals surface area (Å²) in [5.74, 6) is -0.131. The van der Waals surface area contributed by atoms with Gasteiger partial charge in [0, 0.05) is 27.0 Å². The molecule has 0 radical (unpaired) electrons. The number of nitrogens with one attached hydrogen (secondary N) is 1. The third kappa shape index (κ3) is 5.28. The Morgan fingerprint density at radius 2 is 2.18 bits per heavy atom. The van der Waals surface area contributed by atoms with Gasteiger partial charge in [0.2, 0.25) is 0 Å². The summed E-state index contributed by atoms with van der Waals surface area (Å²) in [7, 11) is 0. The maximum atomic E-state index is 11.8. The highest BCUT2D eigenvalue weighted by molar-refractivity contribution is 9.10. The van der Waals surface area contributed by atoms with Crippen molar-refractivity contribution in [3.8, 4) is 0 Å². The second kappa shape index (κ2) is 7.24. The van der Waals surface area contributed by atoms with Crippen LogP contribution in [0.15, 0.2) is 22.7 Å². The van der Waals surface area contributed by atoms with Crippen molar-refractivity contribution in [1.29, 1.82) is 0 Å². The van der Waals surface area contributed by atoms with Gasteiger partial charge >= 0.3 is 0 Å². The average molecular weight is 339 g/mol. The molecule has 0 heterocycles. The van der Waals surface area contributed by atoms with Crippen molar-refractivity contribution in [3.63, 3.8) is 0 Å². The van der Waals surface area contributed by atoms with Crippen molar-refractivity contribution in [1.82, 2.24) is 5.32 Å². The van der Waals surface area contributed by atoms with Crippen molar-refractivity contribution < 1.29 is 4.79 Å². The molecule has 2 nitrogen and oxygen atoms in total. The largest absolute Gasteiger partial charge is 0.352 e. The van der Waals surface area contributed by atoms with Crippen LogP contribution in [0.25, 0.3) is 0 Å². The average Bonchev–Trinajstić information content (AvgIpc) is 2.27. The molecular formula is C12H14BrCl2NO. The zero-order valence-electron chi connectivity index (χ0n) is 9.47. The molecule has 5 heteroatoms. The Kier molecular flexibility index (Phi) is 6.31. The first-order valence-corrected chi connectivity index (χ1v) is 7.02. The minimum absolute atomic E-state index is 0.112. The Hall–Kier alpha value is -0.250. The van der Waals surface area contributed by atoms with Gasteiger partial charge in [0.25, 0.3) is 5.91 Å². The SMILES string of the molecule is CCC(Cl)CCNC(=O)c1cc(Cl)cc(Br)c1. The molecule has 0 aliphatic carbocycles. The summed E-state index contributed by atoms with van der Waals surface area (Å²) < 4.78 is 0.791. The lowest BCUT2D eigenvalue weighted by atomic mass is 10.2. The van der Waals surface area contributed by atoms with Crippen molar-refractivity contribution in [2.24, 2.45) is 0 Å². The van der Waals surface area contributed by atoms with Crippen LogP contribution in [0.1, 0.15) is 30.1 Å². The van der Waals surface area contributed by atoms with Gasteiger partial charge in [0.1, 0.15) is 0 Å². The van der Waals surface area contributed by atoms with Crippen LogP contribution in [0.2, 0.25) is 5.02 Å². The van der Waals surface area contributed by atoms with Crippen LogP contribution in [0.4, 0.5) is 0 Å². The van der Waals surface area contributed by atoms with Crippen molar-refractivity contribution in [2.75, 3.05) is 6.54 Å². The zero-order chi connectivity index (χ0) is 12.8. The fourth-order valence-corrected chi connectivity index (χ4v) is 2.30. The van der Waals surface area contributed by atoms with Gasteiger partial charge in [-0.1, -0.05) is 34.5 Å². The summed E-state index contributed by atoms with van der Waals surface area (Å²) in [4.78, 5) is 11.8. The van der Waals surface area contributed by atoms with Gasteiger partial charge in [-0.3, -0.25) is 4.79 Å². The van der Waals surface area contributed by atoms with E-state index < -0.39 is 0 Å². The number of hydrogen-bond donors (Lipinski definition) is 1. The standard InChI is InChI=1S/C12H14BrCl2NO/c1-2-10(14)3-4-16-12(17)8-5-9(13)7-11(15)6-8/h5-7,10H,2-4H2,1H3,(H,16,17). The summed E-state index contributed by atoms with van der Waals surface area (Å²) in [6.45, 7) is 2.60. The molecule has 0 fully saturated rings. The van der Waals surface area contributed by atoms with E-state index in [1.54, 1.807) is 18.2 Å². The summed E-state index contributed by atoms with van der Waals surface area (Å²) in [5.41, 5.74) is 0.548. The number of hydrogen-bond acceptors (Lipinski definition) is 1. The lowest BCUT2D eigenvalue weighted by Gasteiger charge is -2.08. The van der Waals surface area contributed by atoms with Gasteiger partial charge in [0.05, 0.1) is 0 Å². The van der Waals surface area contributed by atoms with Crippen molar-refractivity contribution in [2.45, 2.75) is 25.1 Å². The molecule has 1 rings (SSSR count). The Balaban J connectivity index is 2.52. The van der Waals surface area contributed by atoms with Gasteiger partial charge in [0.15, 0.2) is 0 Å². The van der Waals surface area contributed by atoms with E-state index in [-0.39, 0.29) is 11.3 Å². The van der Waals surface area contributed by atoms with Crippen LogP contribution in [-0.4, -0.2) is 17.8 Å². The molecule has 94 valence electrons. The number of rotatable bonds is 5. The van der Waals surface area contributed by atoms with E-state index in [1.165, 1.54) is 0 Å². The maximum Gasteiger partial charge on any atom is 0.251 e. The lowest BCUT2D eigenvalue weighted by Crippen LogP contribution is -2.26. The summed E-state index contributed by atoms with van der Waals surface area (Å²) in [6.07, 6.45) is 1.67. The van der Waals surface area contributed by atoms with Gasteiger partial charge in [-0.05, 0) is 31.0 Å². The minimum Gasteiger partial charge on any atom is -0.352 e. The quantitative estimate of drug-likeness (QED) is 0.799. The van der Waals surface area contributed by atoms with E-state index >= 15 is 0 Å². The molecule has 17 heavy (non-hydrogen) atoms. The highest BCUT2D eigenvalue weighted by Gasteiger charge is 2.08. The Labute approximate surface area is 120 Å². The Bertz CT molecular complexity index is 378. The minimum atomic E-state index is -0.131. The second-order valence-electron chi connectivity index (χ2n) is 3.71. The molecule has 0 aliphatic rings. The predicted molar refractivity (Wildman–Crippen MR) is 76.0 cm³/mol. The third-order valence-electron chi connectivity index (χ3n) is 2.31. The highest BCUT2D eigenvalue weighted by atomic mass is 79.9. The molecule has 0 saturated heterocycles. The highest BCUT2D eigenvalue weighted by Crippen LogP contribution is 2.19. The summed E-state index contributed by atoms with van der Waals surface area (Å²) in [6, 6.07) is 5.11. The zero-order valence-corrected chi connectivity index (χ0v) is 12.6. The molecule has 1 aromatic rings. The lowest BCUT2D eigenvalue weighted by molar-refractivity contribution is 0.0953. The van der Waals surface area contributed by atoms with Crippen LogP contribution in [0.5, 0.6) is 0 Å².